The molecule has 0 aromatic heterocycles. The highest BCUT2D eigenvalue weighted by Gasteiger charge is 2.30. The molecule has 5 rings (SSSR count). The lowest BCUT2D eigenvalue weighted by Gasteiger charge is -2.20. The van der Waals surface area contributed by atoms with Gasteiger partial charge in [0.05, 0.1) is 6.67 Å². The summed E-state index contributed by atoms with van der Waals surface area (Å²) in [5, 5.41) is 25.7. The zero-order valence-corrected chi connectivity index (χ0v) is 18.6. The SMILES string of the molecule is Cc1ccc(C(=O)CC2CC2)cc1N1CNC(=C(O)c2cccc(C(=O)NC3CC3)c2)C1=N. The molecule has 4 N–H and O–H groups in total. The van der Waals surface area contributed by atoms with E-state index in [1.54, 1.807) is 29.2 Å². The number of anilines is 1. The first kappa shape index (κ1) is 21.2. The van der Waals surface area contributed by atoms with Gasteiger partial charge < -0.3 is 20.6 Å². The van der Waals surface area contributed by atoms with E-state index in [2.05, 4.69) is 10.6 Å². The standard InChI is InChI=1S/C26H28N4O3/c1-15-5-8-17(22(31)11-16-6-7-16)13-21(15)30-14-28-23(25(30)27)24(32)18-3-2-4-19(12-18)26(33)29-20-9-10-20/h2-5,8,12-13,16,20,27-28,32H,6-7,9-11,14H2,1H3,(H,29,33). The molecular formula is C26H28N4O3. The third-order valence-corrected chi connectivity index (χ3v) is 6.46. The van der Waals surface area contributed by atoms with Crippen molar-refractivity contribution in [2.24, 2.45) is 5.92 Å². The molecule has 0 radical (unpaired) electrons. The second-order valence-corrected chi connectivity index (χ2v) is 9.24. The quantitative estimate of drug-likeness (QED) is 0.379. The highest BCUT2D eigenvalue weighted by molar-refractivity contribution is 6.13. The largest absolute Gasteiger partial charge is 0.505 e. The second-order valence-electron chi connectivity index (χ2n) is 9.24. The molecule has 0 spiro atoms. The predicted octanol–water partition coefficient (Wildman–Crippen LogP) is 4.14. The fourth-order valence-electron chi connectivity index (χ4n) is 4.08. The molecule has 0 unspecified atom stereocenters. The Morgan fingerprint density at radius 3 is 2.58 bits per heavy atom. The minimum absolute atomic E-state index is 0.0813. The Morgan fingerprint density at radius 1 is 1.09 bits per heavy atom. The number of nitrogens with one attached hydrogen (secondary N) is 3. The van der Waals surface area contributed by atoms with Gasteiger partial charge in [0.2, 0.25) is 0 Å². The van der Waals surface area contributed by atoms with E-state index in [4.69, 9.17) is 5.41 Å². The van der Waals surface area contributed by atoms with Crippen LogP contribution in [0.2, 0.25) is 0 Å². The van der Waals surface area contributed by atoms with Crippen LogP contribution in [0.4, 0.5) is 5.69 Å². The Balaban J connectivity index is 1.38. The molecule has 1 heterocycles. The molecule has 170 valence electrons. The van der Waals surface area contributed by atoms with Gasteiger partial charge in [-0.25, -0.2) is 0 Å². The van der Waals surface area contributed by atoms with Crippen LogP contribution < -0.4 is 15.5 Å². The Hall–Kier alpha value is -3.61. The summed E-state index contributed by atoms with van der Waals surface area (Å²) in [6.45, 7) is 2.25. The van der Waals surface area contributed by atoms with E-state index in [-0.39, 0.29) is 29.3 Å². The molecule has 0 bridgehead atoms. The zero-order chi connectivity index (χ0) is 23.1. The summed E-state index contributed by atoms with van der Waals surface area (Å²) < 4.78 is 0. The summed E-state index contributed by atoms with van der Waals surface area (Å²) in [4.78, 5) is 26.7. The number of aryl methyl sites for hydroxylation is 1. The van der Waals surface area contributed by atoms with E-state index < -0.39 is 0 Å². The van der Waals surface area contributed by atoms with Gasteiger partial charge in [0.15, 0.2) is 11.6 Å². The molecule has 2 aromatic carbocycles. The normalized spacial score (nSPS) is 19.3. The molecule has 2 saturated carbocycles. The van der Waals surface area contributed by atoms with Gasteiger partial charge in [0, 0.05) is 34.8 Å². The molecule has 7 nitrogen and oxygen atoms in total. The Labute approximate surface area is 193 Å². The van der Waals surface area contributed by atoms with Crippen LogP contribution in [0, 0.1) is 18.3 Å². The highest BCUT2D eigenvalue weighted by Crippen LogP contribution is 2.34. The lowest BCUT2D eigenvalue weighted by atomic mass is 10.0. The van der Waals surface area contributed by atoms with Crippen LogP contribution in [0.15, 0.2) is 48.2 Å². The van der Waals surface area contributed by atoms with Crippen LogP contribution in [-0.4, -0.2) is 35.3 Å². The van der Waals surface area contributed by atoms with Crippen LogP contribution in [0.5, 0.6) is 0 Å². The van der Waals surface area contributed by atoms with Crippen molar-refractivity contribution in [1.82, 2.24) is 10.6 Å². The molecule has 1 aliphatic heterocycles. The van der Waals surface area contributed by atoms with Crippen molar-refractivity contribution < 1.29 is 14.7 Å². The fourth-order valence-corrected chi connectivity index (χ4v) is 4.08. The lowest BCUT2D eigenvalue weighted by Crippen LogP contribution is -2.26. The fraction of sp³-hybridized carbons (Fsp3) is 0.346. The van der Waals surface area contributed by atoms with Gasteiger partial charge in [-0.1, -0.05) is 24.3 Å². The number of carbonyl (C=O) groups is 2. The van der Waals surface area contributed by atoms with Crippen LogP contribution in [0.1, 0.15) is 63.9 Å². The summed E-state index contributed by atoms with van der Waals surface area (Å²) >= 11 is 0. The van der Waals surface area contributed by atoms with Crippen molar-refractivity contribution in [3.63, 3.8) is 0 Å². The van der Waals surface area contributed by atoms with Gasteiger partial charge in [-0.3, -0.25) is 15.0 Å². The number of rotatable bonds is 7. The molecule has 2 aliphatic carbocycles. The van der Waals surface area contributed by atoms with Crippen LogP contribution in [0.3, 0.4) is 0 Å². The number of amides is 1. The average Bonchev–Trinajstić information content (AvgIpc) is 3.75. The number of benzene rings is 2. The molecule has 33 heavy (non-hydrogen) atoms. The predicted molar refractivity (Wildman–Crippen MR) is 128 cm³/mol. The molecule has 1 amide bonds. The summed E-state index contributed by atoms with van der Waals surface area (Å²) in [5.74, 6) is 0.536. The van der Waals surface area contributed by atoms with E-state index in [9.17, 15) is 14.7 Å². The number of aliphatic hydroxyl groups excluding tert-OH is 1. The molecule has 7 heteroatoms. The minimum atomic E-state index is -0.156. The van der Waals surface area contributed by atoms with E-state index in [1.165, 1.54) is 0 Å². The number of Topliss-reactive ketones (excluding diaryl/α,β-unsaturated/α-hetero) is 1. The van der Waals surface area contributed by atoms with Gasteiger partial charge in [-0.15, -0.1) is 0 Å². The lowest BCUT2D eigenvalue weighted by molar-refractivity contribution is 0.0948. The zero-order valence-electron chi connectivity index (χ0n) is 18.6. The summed E-state index contributed by atoms with van der Waals surface area (Å²) in [6, 6.07) is 12.7. The third-order valence-electron chi connectivity index (χ3n) is 6.46. The first-order chi connectivity index (χ1) is 15.9. The van der Waals surface area contributed by atoms with Gasteiger partial charge >= 0.3 is 0 Å². The average molecular weight is 445 g/mol. The van der Waals surface area contributed by atoms with Gasteiger partial charge in [0.25, 0.3) is 5.91 Å². The number of hydrogen-bond donors (Lipinski definition) is 4. The Bertz CT molecular complexity index is 1180. The van der Waals surface area contributed by atoms with E-state index in [0.717, 1.165) is 36.9 Å². The maximum atomic E-state index is 12.6. The first-order valence-electron chi connectivity index (χ1n) is 11.5. The maximum absolute atomic E-state index is 12.6. The summed E-state index contributed by atoms with van der Waals surface area (Å²) in [6.07, 6.45) is 4.84. The molecule has 3 aliphatic rings. The second kappa shape index (κ2) is 8.39. The molecule has 3 fully saturated rings. The van der Waals surface area contributed by atoms with E-state index >= 15 is 0 Å². The molecular weight excluding hydrogens is 416 g/mol. The van der Waals surface area contributed by atoms with Crippen LogP contribution in [-0.2, 0) is 0 Å². The van der Waals surface area contributed by atoms with E-state index in [0.29, 0.717) is 41.4 Å². The Morgan fingerprint density at radius 2 is 1.85 bits per heavy atom. The van der Waals surface area contributed by atoms with Crippen molar-refractivity contribution in [2.45, 2.75) is 45.1 Å². The van der Waals surface area contributed by atoms with Crippen molar-refractivity contribution in [1.29, 1.82) is 5.41 Å². The van der Waals surface area contributed by atoms with Crippen molar-refractivity contribution >= 4 is 29.0 Å². The van der Waals surface area contributed by atoms with Gasteiger partial charge in [-0.2, -0.15) is 0 Å². The van der Waals surface area contributed by atoms with Crippen molar-refractivity contribution in [3.8, 4) is 0 Å². The van der Waals surface area contributed by atoms with E-state index in [1.807, 2.05) is 25.1 Å². The number of hydrogen-bond acceptors (Lipinski definition) is 5. The number of aliphatic hydroxyl groups is 1. The number of ketones is 1. The number of carbonyl (C=O) groups excluding carboxylic acids is 2. The van der Waals surface area contributed by atoms with Crippen LogP contribution in [0.25, 0.3) is 5.76 Å². The number of amidine groups is 1. The molecule has 0 atom stereocenters. The third kappa shape index (κ3) is 4.49. The summed E-state index contributed by atoms with van der Waals surface area (Å²) in [7, 11) is 0. The van der Waals surface area contributed by atoms with Crippen molar-refractivity contribution in [3.05, 3.63) is 70.4 Å². The Kier molecular flexibility index (Phi) is 5.40. The topological polar surface area (TPSA) is 106 Å². The highest BCUT2D eigenvalue weighted by atomic mass is 16.3. The smallest absolute Gasteiger partial charge is 0.251 e. The summed E-state index contributed by atoms with van der Waals surface area (Å²) in [5.41, 5.74) is 3.62. The molecule has 2 aromatic rings. The molecule has 1 saturated heterocycles. The number of nitrogens with zero attached hydrogens (tertiary/aromatic N) is 1. The first-order valence-corrected chi connectivity index (χ1v) is 11.5. The van der Waals surface area contributed by atoms with Crippen molar-refractivity contribution in [2.75, 3.05) is 11.6 Å². The monoisotopic (exact) mass is 444 g/mol. The maximum Gasteiger partial charge on any atom is 0.251 e. The van der Waals surface area contributed by atoms with Crippen LogP contribution >= 0.6 is 0 Å². The van der Waals surface area contributed by atoms with Gasteiger partial charge in [-0.05, 0) is 62.3 Å². The minimum Gasteiger partial charge on any atom is -0.505 e. The van der Waals surface area contributed by atoms with Gasteiger partial charge in [0.1, 0.15) is 11.5 Å².